The molecule has 0 spiro atoms. The summed E-state index contributed by atoms with van der Waals surface area (Å²) in [6, 6.07) is 13.4. The van der Waals surface area contributed by atoms with Crippen LogP contribution in [-0.4, -0.2) is 41.0 Å². The number of ether oxygens (including phenoxy) is 2. The van der Waals surface area contributed by atoms with Crippen LogP contribution in [0.5, 0.6) is 11.5 Å². The molecule has 0 fully saturated rings. The van der Waals surface area contributed by atoms with E-state index in [4.69, 9.17) is 9.47 Å². The Morgan fingerprint density at radius 3 is 2.74 bits per heavy atom. The predicted molar refractivity (Wildman–Crippen MR) is 102 cm³/mol. The number of likely N-dealkylation sites (N-methyl/N-ethyl adjacent to an activating group) is 1. The van der Waals surface area contributed by atoms with Gasteiger partial charge in [-0.05, 0) is 35.9 Å². The van der Waals surface area contributed by atoms with Crippen molar-refractivity contribution < 1.29 is 14.3 Å². The SMILES string of the molecule is CN(Cc1ccc2c(c1)OCCO2)C(=O)/C=C/c1cnc2ccccc2n1. The molecule has 1 aromatic heterocycles. The van der Waals surface area contributed by atoms with Gasteiger partial charge in [-0.15, -0.1) is 0 Å². The fraction of sp³-hybridized carbons (Fsp3) is 0.190. The summed E-state index contributed by atoms with van der Waals surface area (Å²) in [5, 5.41) is 0. The zero-order valence-electron chi connectivity index (χ0n) is 15.0. The van der Waals surface area contributed by atoms with Gasteiger partial charge in [-0.25, -0.2) is 4.98 Å². The average Bonchev–Trinajstić information content (AvgIpc) is 2.71. The third-order valence-electron chi connectivity index (χ3n) is 4.27. The highest BCUT2D eigenvalue weighted by Gasteiger charge is 2.13. The van der Waals surface area contributed by atoms with Crippen LogP contribution in [-0.2, 0) is 11.3 Å². The molecular formula is C21H19N3O3. The van der Waals surface area contributed by atoms with E-state index in [0.717, 1.165) is 28.1 Å². The van der Waals surface area contributed by atoms with Crippen LogP contribution in [0.4, 0.5) is 0 Å². The fourth-order valence-corrected chi connectivity index (χ4v) is 2.87. The molecule has 2 aromatic carbocycles. The second-order valence-corrected chi connectivity index (χ2v) is 6.29. The van der Waals surface area contributed by atoms with Crippen molar-refractivity contribution in [3.8, 4) is 11.5 Å². The van der Waals surface area contributed by atoms with Crippen LogP contribution in [0.25, 0.3) is 17.1 Å². The first kappa shape index (κ1) is 17.0. The van der Waals surface area contributed by atoms with Crippen molar-refractivity contribution >= 4 is 23.0 Å². The van der Waals surface area contributed by atoms with E-state index in [1.807, 2.05) is 42.5 Å². The van der Waals surface area contributed by atoms with Crippen molar-refractivity contribution in [3.05, 3.63) is 66.0 Å². The highest BCUT2D eigenvalue weighted by Crippen LogP contribution is 2.31. The van der Waals surface area contributed by atoms with E-state index in [2.05, 4.69) is 9.97 Å². The lowest BCUT2D eigenvalue weighted by Crippen LogP contribution is -2.24. The molecular weight excluding hydrogens is 342 g/mol. The minimum absolute atomic E-state index is 0.111. The number of rotatable bonds is 4. The van der Waals surface area contributed by atoms with Gasteiger partial charge in [0.2, 0.25) is 5.91 Å². The summed E-state index contributed by atoms with van der Waals surface area (Å²) >= 11 is 0. The van der Waals surface area contributed by atoms with Crippen molar-refractivity contribution in [2.75, 3.05) is 20.3 Å². The third kappa shape index (κ3) is 3.89. The lowest BCUT2D eigenvalue weighted by Gasteiger charge is -2.20. The Hall–Kier alpha value is -3.41. The largest absolute Gasteiger partial charge is 0.486 e. The van der Waals surface area contributed by atoms with E-state index in [9.17, 15) is 4.79 Å². The monoisotopic (exact) mass is 361 g/mol. The van der Waals surface area contributed by atoms with Gasteiger partial charge < -0.3 is 14.4 Å². The van der Waals surface area contributed by atoms with Crippen LogP contribution in [0.3, 0.4) is 0 Å². The summed E-state index contributed by atoms with van der Waals surface area (Å²) in [5.74, 6) is 1.36. The summed E-state index contributed by atoms with van der Waals surface area (Å²) in [4.78, 5) is 22.9. The smallest absolute Gasteiger partial charge is 0.246 e. The minimum Gasteiger partial charge on any atom is -0.486 e. The normalized spacial score (nSPS) is 13.1. The van der Waals surface area contributed by atoms with Gasteiger partial charge in [-0.3, -0.25) is 9.78 Å². The quantitative estimate of drug-likeness (QED) is 0.668. The molecule has 0 saturated carbocycles. The Morgan fingerprint density at radius 2 is 1.89 bits per heavy atom. The van der Waals surface area contributed by atoms with E-state index in [1.165, 1.54) is 6.08 Å². The van der Waals surface area contributed by atoms with Gasteiger partial charge in [0, 0.05) is 19.7 Å². The number of carbonyl (C=O) groups is 1. The number of para-hydroxylation sites is 2. The molecule has 0 saturated heterocycles. The van der Waals surface area contributed by atoms with Crippen LogP contribution < -0.4 is 9.47 Å². The predicted octanol–water partition coefficient (Wildman–Crippen LogP) is 3.07. The van der Waals surface area contributed by atoms with Crippen molar-refractivity contribution in [3.63, 3.8) is 0 Å². The van der Waals surface area contributed by atoms with Gasteiger partial charge in [0.1, 0.15) is 13.2 Å². The minimum atomic E-state index is -0.111. The van der Waals surface area contributed by atoms with E-state index >= 15 is 0 Å². The molecule has 136 valence electrons. The van der Waals surface area contributed by atoms with E-state index < -0.39 is 0 Å². The summed E-state index contributed by atoms with van der Waals surface area (Å²) in [6.07, 6.45) is 4.85. The second kappa shape index (κ2) is 7.45. The molecule has 27 heavy (non-hydrogen) atoms. The molecule has 0 unspecified atom stereocenters. The molecule has 1 aliphatic rings. The molecule has 6 nitrogen and oxygen atoms in total. The first-order valence-corrected chi connectivity index (χ1v) is 8.72. The Kier molecular flexibility index (Phi) is 4.70. The molecule has 0 bridgehead atoms. The number of hydrogen-bond donors (Lipinski definition) is 0. The zero-order valence-corrected chi connectivity index (χ0v) is 15.0. The molecule has 1 aliphatic heterocycles. The van der Waals surface area contributed by atoms with Gasteiger partial charge in [-0.2, -0.15) is 0 Å². The second-order valence-electron chi connectivity index (χ2n) is 6.29. The van der Waals surface area contributed by atoms with Crippen LogP contribution in [0.15, 0.2) is 54.7 Å². The Bertz CT molecular complexity index is 1020. The number of nitrogens with zero attached hydrogens (tertiary/aromatic N) is 3. The maximum absolute atomic E-state index is 12.4. The number of fused-ring (bicyclic) bond motifs is 2. The number of aromatic nitrogens is 2. The molecule has 0 aliphatic carbocycles. The Labute approximate surface area is 157 Å². The molecule has 0 radical (unpaired) electrons. The van der Waals surface area contributed by atoms with Gasteiger partial charge in [0.05, 0.1) is 22.9 Å². The van der Waals surface area contributed by atoms with E-state index in [-0.39, 0.29) is 5.91 Å². The number of hydrogen-bond acceptors (Lipinski definition) is 5. The number of carbonyl (C=O) groups excluding carboxylic acids is 1. The zero-order chi connectivity index (χ0) is 18.6. The molecule has 2 heterocycles. The number of amides is 1. The van der Waals surface area contributed by atoms with E-state index in [0.29, 0.717) is 25.5 Å². The summed E-state index contributed by atoms with van der Waals surface area (Å²) in [7, 11) is 1.76. The molecule has 0 atom stereocenters. The van der Waals surface area contributed by atoms with E-state index in [1.54, 1.807) is 24.2 Å². The summed E-state index contributed by atoms with van der Waals surface area (Å²) in [5.41, 5.74) is 3.26. The van der Waals surface area contributed by atoms with Gasteiger partial charge in [-0.1, -0.05) is 18.2 Å². The molecule has 1 amide bonds. The summed E-state index contributed by atoms with van der Waals surface area (Å²) < 4.78 is 11.1. The van der Waals surface area contributed by atoms with Crippen molar-refractivity contribution in [1.29, 1.82) is 0 Å². The third-order valence-corrected chi connectivity index (χ3v) is 4.27. The van der Waals surface area contributed by atoms with Gasteiger partial charge >= 0.3 is 0 Å². The van der Waals surface area contributed by atoms with Crippen LogP contribution >= 0.6 is 0 Å². The van der Waals surface area contributed by atoms with Crippen LogP contribution in [0.2, 0.25) is 0 Å². The first-order chi connectivity index (χ1) is 13.2. The average molecular weight is 361 g/mol. The van der Waals surface area contributed by atoms with Gasteiger partial charge in [0.25, 0.3) is 0 Å². The molecule has 4 rings (SSSR count). The standard InChI is InChI=1S/C21H19N3O3/c1-24(14-15-6-8-19-20(12-15)27-11-10-26-19)21(25)9-7-16-13-22-17-4-2-3-5-18(17)23-16/h2-9,12-13H,10-11,14H2,1H3/b9-7+. The molecule has 3 aromatic rings. The maximum atomic E-state index is 12.4. The van der Waals surface area contributed by atoms with Crippen LogP contribution in [0.1, 0.15) is 11.3 Å². The first-order valence-electron chi connectivity index (χ1n) is 8.72. The lowest BCUT2D eigenvalue weighted by molar-refractivity contribution is -0.125. The van der Waals surface area contributed by atoms with Crippen molar-refractivity contribution in [1.82, 2.24) is 14.9 Å². The summed E-state index contributed by atoms with van der Waals surface area (Å²) in [6.45, 7) is 1.58. The fourth-order valence-electron chi connectivity index (χ4n) is 2.87. The molecule has 6 heteroatoms. The number of benzene rings is 2. The topological polar surface area (TPSA) is 64.6 Å². The Balaban J connectivity index is 1.43. The van der Waals surface area contributed by atoms with Crippen molar-refractivity contribution in [2.24, 2.45) is 0 Å². The molecule has 0 N–H and O–H groups in total. The van der Waals surface area contributed by atoms with Gasteiger partial charge in [0.15, 0.2) is 11.5 Å². The van der Waals surface area contributed by atoms with Crippen molar-refractivity contribution in [2.45, 2.75) is 6.54 Å². The maximum Gasteiger partial charge on any atom is 0.246 e. The highest BCUT2D eigenvalue weighted by atomic mass is 16.6. The van der Waals surface area contributed by atoms with Crippen LogP contribution in [0, 0.1) is 0 Å². The lowest BCUT2D eigenvalue weighted by atomic mass is 10.2. The highest BCUT2D eigenvalue weighted by molar-refractivity contribution is 5.91. The Morgan fingerprint density at radius 1 is 1.11 bits per heavy atom.